The molecule has 0 saturated heterocycles. The molecule has 6 heteroatoms. The van der Waals surface area contributed by atoms with Gasteiger partial charge in [0, 0.05) is 11.6 Å². The molecule has 1 aromatic heterocycles. The zero-order valence-electron chi connectivity index (χ0n) is 16.0. The van der Waals surface area contributed by atoms with Gasteiger partial charge in [-0.2, -0.15) is 0 Å². The summed E-state index contributed by atoms with van der Waals surface area (Å²) >= 11 is 0. The Bertz CT molecular complexity index is 1150. The van der Waals surface area contributed by atoms with Gasteiger partial charge in [-0.3, -0.25) is 0 Å². The summed E-state index contributed by atoms with van der Waals surface area (Å²) in [6, 6.07) is 17.0. The van der Waals surface area contributed by atoms with E-state index in [0.29, 0.717) is 17.0 Å². The van der Waals surface area contributed by atoms with Crippen LogP contribution in [0.3, 0.4) is 0 Å². The first-order valence-electron chi connectivity index (χ1n) is 9.07. The van der Waals surface area contributed by atoms with Crippen molar-refractivity contribution in [2.45, 2.75) is 13.8 Å². The van der Waals surface area contributed by atoms with Crippen LogP contribution in [-0.4, -0.2) is 30.3 Å². The third-order valence-electron chi connectivity index (χ3n) is 4.63. The maximum atomic E-state index is 10.3. The van der Waals surface area contributed by atoms with E-state index in [0.717, 1.165) is 16.7 Å². The smallest absolute Gasteiger partial charge is 0.167 e. The highest BCUT2D eigenvalue weighted by Crippen LogP contribution is 2.34. The Balaban J connectivity index is 1.98. The fraction of sp³-hybridized carbons (Fsp3) is 0.0870. The predicted octanol–water partition coefficient (Wildman–Crippen LogP) is 4.61. The number of aryl methyl sites for hydroxylation is 2. The van der Waals surface area contributed by atoms with E-state index < -0.39 is 0 Å². The van der Waals surface area contributed by atoms with Gasteiger partial charge in [0.05, 0.1) is 11.1 Å². The van der Waals surface area contributed by atoms with Crippen molar-refractivity contribution in [3.8, 4) is 51.4 Å². The molecule has 3 aromatic carbocycles. The van der Waals surface area contributed by atoms with Gasteiger partial charge in [-0.05, 0) is 43.7 Å². The molecule has 0 bridgehead atoms. The number of aromatic nitrogens is 3. The molecule has 144 valence electrons. The molecule has 0 unspecified atom stereocenters. The molecule has 1 heterocycles. The largest absolute Gasteiger partial charge is 0.508 e. The van der Waals surface area contributed by atoms with Gasteiger partial charge in [0.2, 0.25) is 0 Å². The quantitative estimate of drug-likeness (QED) is 0.476. The predicted molar refractivity (Wildman–Crippen MR) is 111 cm³/mol. The van der Waals surface area contributed by atoms with Crippen molar-refractivity contribution in [2.75, 3.05) is 0 Å². The minimum atomic E-state index is -0.147. The van der Waals surface area contributed by atoms with E-state index in [1.807, 2.05) is 32.0 Å². The van der Waals surface area contributed by atoms with Gasteiger partial charge in [-0.25, -0.2) is 15.0 Å². The van der Waals surface area contributed by atoms with Crippen molar-refractivity contribution < 1.29 is 15.3 Å². The van der Waals surface area contributed by atoms with Crippen LogP contribution in [0, 0.1) is 13.8 Å². The lowest BCUT2D eigenvalue weighted by Crippen LogP contribution is -2.01. The zero-order valence-corrected chi connectivity index (χ0v) is 16.0. The average molecular weight is 385 g/mol. The first-order chi connectivity index (χ1) is 13.9. The number of para-hydroxylation sites is 1. The van der Waals surface area contributed by atoms with Crippen molar-refractivity contribution in [3.05, 3.63) is 71.8 Å². The number of hydrogen-bond donors (Lipinski definition) is 3. The lowest BCUT2D eigenvalue weighted by Gasteiger charge is -2.11. The van der Waals surface area contributed by atoms with E-state index in [9.17, 15) is 15.3 Å². The summed E-state index contributed by atoms with van der Waals surface area (Å²) in [6.45, 7) is 3.99. The van der Waals surface area contributed by atoms with Crippen LogP contribution >= 0.6 is 0 Å². The molecule has 29 heavy (non-hydrogen) atoms. The van der Waals surface area contributed by atoms with Crippen molar-refractivity contribution in [2.24, 2.45) is 0 Å². The Hall–Kier alpha value is -3.93. The summed E-state index contributed by atoms with van der Waals surface area (Å²) in [5.41, 5.74) is 3.76. The monoisotopic (exact) mass is 385 g/mol. The van der Waals surface area contributed by atoms with Crippen LogP contribution in [0.4, 0.5) is 0 Å². The van der Waals surface area contributed by atoms with Gasteiger partial charge in [0.1, 0.15) is 17.2 Å². The van der Waals surface area contributed by atoms with E-state index in [1.165, 1.54) is 12.1 Å². The summed E-state index contributed by atoms with van der Waals surface area (Å²) in [6.07, 6.45) is 0. The maximum absolute atomic E-state index is 10.3. The van der Waals surface area contributed by atoms with E-state index >= 15 is 0 Å². The normalized spacial score (nSPS) is 10.8. The van der Waals surface area contributed by atoms with Gasteiger partial charge in [0.25, 0.3) is 0 Å². The molecule has 0 saturated carbocycles. The van der Waals surface area contributed by atoms with Crippen LogP contribution in [0.2, 0.25) is 0 Å². The SMILES string of the molecule is Cc1ccc(-c2nc(-c3ccccc3O)nc(-c3ccc(O)cc3O)n2)c(C)c1. The summed E-state index contributed by atoms with van der Waals surface area (Å²) in [4.78, 5) is 13.6. The van der Waals surface area contributed by atoms with E-state index in [4.69, 9.17) is 0 Å². The molecule has 0 radical (unpaired) electrons. The van der Waals surface area contributed by atoms with Crippen molar-refractivity contribution >= 4 is 0 Å². The lowest BCUT2D eigenvalue weighted by atomic mass is 10.0. The van der Waals surface area contributed by atoms with E-state index in [2.05, 4.69) is 15.0 Å². The molecule has 4 rings (SSSR count). The molecular weight excluding hydrogens is 366 g/mol. The second-order valence-electron chi connectivity index (χ2n) is 6.84. The fourth-order valence-corrected chi connectivity index (χ4v) is 3.17. The van der Waals surface area contributed by atoms with Crippen LogP contribution in [0.25, 0.3) is 34.2 Å². The van der Waals surface area contributed by atoms with Crippen LogP contribution in [0.5, 0.6) is 17.2 Å². The highest BCUT2D eigenvalue weighted by Gasteiger charge is 2.17. The van der Waals surface area contributed by atoms with Gasteiger partial charge in [0.15, 0.2) is 17.5 Å². The Morgan fingerprint density at radius 1 is 0.586 bits per heavy atom. The number of rotatable bonds is 3. The van der Waals surface area contributed by atoms with Gasteiger partial charge < -0.3 is 15.3 Å². The zero-order chi connectivity index (χ0) is 20.5. The minimum Gasteiger partial charge on any atom is -0.508 e. The third-order valence-corrected chi connectivity index (χ3v) is 4.63. The van der Waals surface area contributed by atoms with Crippen LogP contribution in [-0.2, 0) is 0 Å². The Kier molecular flexibility index (Phi) is 4.60. The lowest BCUT2D eigenvalue weighted by molar-refractivity contribution is 0.451. The molecule has 0 amide bonds. The molecule has 4 aromatic rings. The highest BCUT2D eigenvalue weighted by atomic mass is 16.3. The second-order valence-corrected chi connectivity index (χ2v) is 6.84. The van der Waals surface area contributed by atoms with Gasteiger partial charge in [-0.15, -0.1) is 0 Å². The number of phenols is 3. The number of nitrogens with zero attached hydrogens (tertiary/aromatic N) is 3. The summed E-state index contributed by atoms with van der Waals surface area (Å²) in [7, 11) is 0. The standard InChI is InChI=1S/C23H19N3O3/c1-13-7-9-16(14(2)11-13)21-24-22(17-5-3-4-6-19(17)28)26-23(25-21)18-10-8-15(27)12-20(18)29/h3-12,27-29H,1-2H3. The van der Waals surface area contributed by atoms with Crippen molar-refractivity contribution in [3.63, 3.8) is 0 Å². The molecule has 3 N–H and O–H groups in total. The Morgan fingerprint density at radius 3 is 1.79 bits per heavy atom. The summed E-state index contributed by atoms with van der Waals surface area (Å²) in [5.74, 6) is 0.799. The molecule has 0 atom stereocenters. The number of aromatic hydroxyl groups is 3. The van der Waals surface area contributed by atoms with Crippen LogP contribution in [0.15, 0.2) is 60.7 Å². The molecule has 0 aliphatic heterocycles. The number of phenolic OH excluding ortho intramolecular Hbond substituents is 3. The first kappa shape index (κ1) is 18.4. The number of hydrogen-bond acceptors (Lipinski definition) is 6. The Labute approximate surface area is 167 Å². The second kappa shape index (κ2) is 7.24. The maximum Gasteiger partial charge on any atom is 0.167 e. The van der Waals surface area contributed by atoms with Gasteiger partial charge in [-0.1, -0.05) is 35.9 Å². The third kappa shape index (κ3) is 3.60. The topological polar surface area (TPSA) is 99.4 Å². The molecular formula is C23H19N3O3. The first-order valence-corrected chi connectivity index (χ1v) is 9.07. The van der Waals surface area contributed by atoms with E-state index in [-0.39, 0.29) is 28.9 Å². The summed E-state index contributed by atoms with van der Waals surface area (Å²) < 4.78 is 0. The average Bonchev–Trinajstić information content (AvgIpc) is 2.68. The molecule has 0 aliphatic rings. The van der Waals surface area contributed by atoms with Gasteiger partial charge >= 0.3 is 0 Å². The molecule has 0 spiro atoms. The number of benzene rings is 3. The minimum absolute atomic E-state index is 0.0474. The van der Waals surface area contributed by atoms with Crippen molar-refractivity contribution in [1.29, 1.82) is 0 Å². The molecule has 0 aliphatic carbocycles. The van der Waals surface area contributed by atoms with E-state index in [1.54, 1.807) is 30.3 Å². The molecule has 0 fully saturated rings. The van der Waals surface area contributed by atoms with Crippen LogP contribution < -0.4 is 0 Å². The molecule has 6 nitrogen and oxygen atoms in total. The highest BCUT2D eigenvalue weighted by molar-refractivity contribution is 5.73. The van der Waals surface area contributed by atoms with Crippen molar-refractivity contribution in [1.82, 2.24) is 15.0 Å². The van der Waals surface area contributed by atoms with Crippen LogP contribution in [0.1, 0.15) is 11.1 Å². The summed E-state index contributed by atoms with van der Waals surface area (Å²) in [5, 5.41) is 30.2. The fourth-order valence-electron chi connectivity index (χ4n) is 3.17. The Morgan fingerprint density at radius 2 is 1.17 bits per heavy atom.